The lowest BCUT2D eigenvalue weighted by Gasteiger charge is -2.08. The molecule has 0 atom stereocenters. The summed E-state index contributed by atoms with van der Waals surface area (Å²) in [5, 5.41) is 10.6. The molecule has 1 aromatic heterocycles. The fraction of sp³-hybridized carbons (Fsp3) is 0.500. The lowest BCUT2D eigenvalue weighted by Crippen LogP contribution is -1.99. The third-order valence-electron chi connectivity index (χ3n) is 3.54. The van der Waals surface area contributed by atoms with Crippen LogP contribution in [-0.4, -0.2) is 9.67 Å². The number of aryl methyl sites for hydroxylation is 1. The first-order valence-corrected chi connectivity index (χ1v) is 7.04. The standard InChI is InChI=1S/C16H23NO/c1-2-3-4-5-6-11-17-12-10-14-8-7-9-15(13-18)16(14)17/h7-10,12,18H,2-6,11,13H2,1H3. The van der Waals surface area contributed by atoms with Crippen molar-refractivity contribution >= 4 is 10.9 Å². The SMILES string of the molecule is CCCCCCCn1ccc2cccc(CO)c21. The molecule has 0 spiro atoms. The van der Waals surface area contributed by atoms with Crippen molar-refractivity contribution in [3.8, 4) is 0 Å². The second kappa shape index (κ2) is 6.60. The maximum Gasteiger partial charge on any atom is 0.0702 e. The van der Waals surface area contributed by atoms with Crippen molar-refractivity contribution in [1.29, 1.82) is 0 Å². The number of rotatable bonds is 7. The van der Waals surface area contributed by atoms with Crippen LogP contribution in [0.25, 0.3) is 10.9 Å². The lowest BCUT2D eigenvalue weighted by molar-refractivity contribution is 0.283. The molecule has 98 valence electrons. The highest BCUT2D eigenvalue weighted by Crippen LogP contribution is 2.21. The van der Waals surface area contributed by atoms with Crippen molar-refractivity contribution in [2.75, 3.05) is 0 Å². The van der Waals surface area contributed by atoms with Gasteiger partial charge in [-0.05, 0) is 17.9 Å². The molecule has 0 radical (unpaired) electrons. The average molecular weight is 245 g/mol. The fourth-order valence-corrected chi connectivity index (χ4v) is 2.54. The van der Waals surface area contributed by atoms with Crippen molar-refractivity contribution in [2.24, 2.45) is 0 Å². The van der Waals surface area contributed by atoms with Crippen LogP contribution in [0.1, 0.15) is 44.6 Å². The van der Waals surface area contributed by atoms with Gasteiger partial charge >= 0.3 is 0 Å². The summed E-state index contributed by atoms with van der Waals surface area (Å²) in [6.45, 7) is 3.42. The Hall–Kier alpha value is -1.28. The van der Waals surface area contributed by atoms with Crippen LogP contribution in [0.5, 0.6) is 0 Å². The largest absolute Gasteiger partial charge is 0.392 e. The maximum atomic E-state index is 9.41. The second-order valence-corrected chi connectivity index (χ2v) is 4.94. The van der Waals surface area contributed by atoms with E-state index in [1.54, 1.807) is 0 Å². The molecular formula is C16H23NO. The van der Waals surface area contributed by atoms with E-state index in [0.717, 1.165) is 12.1 Å². The molecule has 18 heavy (non-hydrogen) atoms. The van der Waals surface area contributed by atoms with Crippen molar-refractivity contribution < 1.29 is 5.11 Å². The summed E-state index contributed by atoms with van der Waals surface area (Å²) in [7, 11) is 0. The molecule has 0 saturated heterocycles. The van der Waals surface area contributed by atoms with Crippen molar-refractivity contribution in [2.45, 2.75) is 52.2 Å². The third-order valence-corrected chi connectivity index (χ3v) is 3.54. The van der Waals surface area contributed by atoms with Gasteiger partial charge < -0.3 is 9.67 Å². The summed E-state index contributed by atoms with van der Waals surface area (Å²) in [4.78, 5) is 0. The summed E-state index contributed by atoms with van der Waals surface area (Å²) in [5.74, 6) is 0. The molecule has 1 aromatic carbocycles. The number of hydrogen-bond donors (Lipinski definition) is 1. The van der Waals surface area contributed by atoms with Gasteiger partial charge in [0.2, 0.25) is 0 Å². The van der Waals surface area contributed by atoms with E-state index >= 15 is 0 Å². The zero-order valence-corrected chi connectivity index (χ0v) is 11.2. The molecule has 0 unspecified atom stereocenters. The molecule has 2 aromatic rings. The van der Waals surface area contributed by atoms with E-state index in [1.807, 2.05) is 12.1 Å². The maximum absolute atomic E-state index is 9.41. The Bertz CT molecular complexity index is 487. The van der Waals surface area contributed by atoms with Gasteiger partial charge in [0.1, 0.15) is 0 Å². The van der Waals surface area contributed by atoms with Crippen LogP contribution in [0.3, 0.4) is 0 Å². The molecule has 1 N–H and O–H groups in total. The number of hydrogen-bond acceptors (Lipinski definition) is 1. The number of aliphatic hydroxyl groups is 1. The van der Waals surface area contributed by atoms with Gasteiger partial charge in [-0.15, -0.1) is 0 Å². The van der Waals surface area contributed by atoms with E-state index in [4.69, 9.17) is 0 Å². The fourth-order valence-electron chi connectivity index (χ4n) is 2.54. The highest BCUT2D eigenvalue weighted by atomic mass is 16.3. The van der Waals surface area contributed by atoms with Gasteiger partial charge in [0.25, 0.3) is 0 Å². The minimum absolute atomic E-state index is 0.122. The Morgan fingerprint density at radius 2 is 1.89 bits per heavy atom. The van der Waals surface area contributed by atoms with Crippen LogP contribution in [0, 0.1) is 0 Å². The van der Waals surface area contributed by atoms with Crippen LogP contribution in [0.4, 0.5) is 0 Å². The van der Waals surface area contributed by atoms with Gasteiger partial charge in [0.05, 0.1) is 12.1 Å². The van der Waals surface area contributed by atoms with E-state index < -0.39 is 0 Å². The van der Waals surface area contributed by atoms with E-state index in [9.17, 15) is 5.11 Å². The molecule has 0 aliphatic heterocycles. The van der Waals surface area contributed by atoms with Crippen molar-refractivity contribution in [1.82, 2.24) is 4.57 Å². The number of aliphatic hydroxyl groups excluding tert-OH is 1. The first-order chi connectivity index (χ1) is 8.86. The van der Waals surface area contributed by atoms with Crippen LogP contribution >= 0.6 is 0 Å². The summed E-state index contributed by atoms with van der Waals surface area (Å²) in [5.41, 5.74) is 2.24. The monoisotopic (exact) mass is 245 g/mol. The number of benzene rings is 1. The molecule has 2 rings (SSSR count). The van der Waals surface area contributed by atoms with Crippen LogP contribution < -0.4 is 0 Å². The molecule has 1 heterocycles. The lowest BCUT2D eigenvalue weighted by atomic mass is 10.1. The molecule has 2 heteroatoms. The predicted molar refractivity (Wildman–Crippen MR) is 76.6 cm³/mol. The third kappa shape index (κ3) is 2.94. The Morgan fingerprint density at radius 3 is 2.67 bits per heavy atom. The average Bonchev–Trinajstić information content (AvgIpc) is 2.82. The predicted octanol–water partition coefficient (Wildman–Crippen LogP) is 4.10. The van der Waals surface area contributed by atoms with Gasteiger partial charge in [-0.2, -0.15) is 0 Å². The molecule has 0 aliphatic carbocycles. The minimum Gasteiger partial charge on any atom is -0.392 e. The first kappa shape index (κ1) is 13.2. The van der Waals surface area contributed by atoms with Crippen LogP contribution in [0.2, 0.25) is 0 Å². The van der Waals surface area contributed by atoms with Gasteiger partial charge in [-0.1, -0.05) is 50.8 Å². The summed E-state index contributed by atoms with van der Waals surface area (Å²) in [6, 6.07) is 8.28. The number of fused-ring (bicyclic) bond motifs is 1. The van der Waals surface area contributed by atoms with Gasteiger partial charge in [-0.3, -0.25) is 0 Å². The highest BCUT2D eigenvalue weighted by Gasteiger charge is 2.05. The van der Waals surface area contributed by atoms with Gasteiger partial charge in [-0.25, -0.2) is 0 Å². The number of unbranched alkanes of at least 4 members (excludes halogenated alkanes) is 4. The first-order valence-electron chi connectivity index (χ1n) is 7.04. The molecule has 0 aliphatic rings. The molecule has 2 nitrogen and oxygen atoms in total. The summed E-state index contributed by atoms with van der Waals surface area (Å²) in [6.07, 6.45) is 8.64. The van der Waals surface area contributed by atoms with Crippen LogP contribution in [-0.2, 0) is 13.2 Å². The molecular weight excluding hydrogens is 222 g/mol. The van der Waals surface area contributed by atoms with Crippen molar-refractivity contribution in [3.05, 3.63) is 36.0 Å². The van der Waals surface area contributed by atoms with E-state index in [-0.39, 0.29) is 6.61 Å². The minimum atomic E-state index is 0.122. The zero-order valence-electron chi connectivity index (χ0n) is 11.2. The number of nitrogens with zero attached hydrogens (tertiary/aromatic N) is 1. The Balaban J connectivity index is 2.04. The number of aromatic nitrogens is 1. The summed E-state index contributed by atoms with van der Waals surface area (Å²) >= 11 is 0. The molecule has 0 saturated carbocycles. The van der Waals surface area contributed by atoms with E-state index in [1.165, 1.54) is 43.0 Å². The van der Waals surface area contributed by atoms with E-state index in [0.29, 0.717) is 0 Å². The Labute approximate surface area is 109 Å². The summed E-state index contributed by atoms with van der Waals surface area (Å²) < 4.78 is 2.28. The topological polar surface area (TPSA) is 25.2 Å². The molecule has 0 bridgehead atoms. The normalized spacial score (nSPS) is 11.2. The molecule has 0 amide bonds. The van der Waals surface area contributed by atoms with Gasteiger partial charge in [0, 0.05) is 18.3 Å². The van der Waals surface area contributed by atoms with E-state index in [2.05, 4.69) is 29.8 Å². The van der Waals surface area contributed by atoms with Crippen LogP contribution in [0.15, 0.2) is 30.5 Å². The molecule has 0 fully saturated rings. The quantitative estimate of drug-likeness (QED) is 0.730. The van der Waals surface area contributed by atoms with Crippen molar-refractivity contribution in [3.63, 3.8) is 0 Å². The zero-order chi connectivity index (χ0) is 12.8. The Morgan fingerprint density at radius 1 is 1.06 bits per heavy atom. The Kier molecular flexibility index (Phi) is 4.82. The van der Waals surface area contributed by atoms with Gasteiger partial charge in [0.15, 0.2) is 0 Å². The number of para-hydroxylation sites is 1. The smallest absolute Gasteiger partial charge is 0.0702 e. The highest BCUT2D eigenvalue weighted by molar-refractivity contribution is 5.83. The second-order valence-electron chi connectivity index (χ2n) is 4.94.